The summed E-state index contributed by atoms with van der Waals surface area (Å²) in [6.07, 6.45) is 1.78. The number of benzene rings is 3. The van der Waals surface area contributed by atoms with E-state index in [2.05, 4.69) is 16.0 Å². The lowest BCUT2D eigenvalue weighted by molar-refractivity contribution is 0.0937. The van der Waals surface area contributed by atoms with Gasteiger partial charge in [-0.3, -0.25) is 4.79 Å². The van der Waals surface area contributed by atoms with Gasteiger partial charge in [-0.1, -0.05) is 23.7 Å². The predicted molar refractivity (Wildman–Crippen MR) is 141 cm³/mol. The topological polar surface area (TPSA) is 74.6 Å². The van der Waals surface area contributed by atoms with Crippen molar-refractivity contribution in [2.45, 2.75) is 32.4 Å². The van der Waals surface area contributed by atoms with Gasteiger partial charge in [0, 0.05) is 17.1 Å². The molecule has 1 aromatic heterocycles. The smallest absolute Gasteiger partial charge is 0.251 e. The molecule has 1 unspecified atom stereocenters. The van der Waals surface area contributed by atoms with E-state index >= 15 is 0 Å². The summed E-state index contributed by atoms with van der Waals surface area (Å²) in [6, 6.07) is 20.2. The third-order valence-corrected chi connectivity index (χ3v) is 6.18. The first-order valence-electron chi connectivity index (χ1n) is 11.9. The molecular formula is C28H30ClN3O4. The number of aromatic nitrogens is 2. The maximum Gasteiger partial charge on any atom is 0.251 e. The van der Waals surface area contributed by atoms with E-state index in [1.165, 1.54) is 0 Å². The van der Waals surface area contributed by atoms with Crippen molar-refractivity contribution >= 4 is 28.5 Å². The maximum absolute atomic E-state index is 13.0. The van der Waals surface area contributed by atoms with E-state index in [9.17, 15) is 4.79 Å². The number of hydrogen-bond acceptors (Lipinski definition) is 5. The van der Waals surface area contributed by atoms with Gasteiger partial charge in [-0.25, -0.2) is 4.98 Å². The van der Waals surface area contributed by atoms with Crippen LogP contribution in [0.1, 0.15) is 42.0 Å². The number of carbonyl (C=O) groups excluding carboxylic acids is 1. The predicted octanol–water partition coefficient (Wildman–Crippen LogP) is 6.06. The molecule has 0 bridgehead atoms. The van der Waals surface area contributed by atoms with Gasteiger partial charge >= 0.3 is 0 Å². The molecule has 0 radical (unpaired) electrons. The number of para-hydroxylation sites is 2. The van der Waals surface area contributed by atoms with Crippen molar-refractivity contribution in [2.75, 3.05) is 20.8 Å². The molecular weight excluding hydrogens is 478 g/mol. The first-order valence-corrected chi connectivity index (χ1v) is 12.2. The summed E-state index contributed by atoms with van der Waals surface area (Å²) in [7, 11) is 3.11. The van der Waals surface area contributed by atoms with Crippen molar-refractivity contribution in [1.29, 1.82) is 0 Å². The van der Waals surface area contributed by atoms with E-state index in [4.69, 9.17) is 30.8 Å². The molecule has 1 N–H and O–H groups in total. The van der Waals surface area contributed by atoms with Gasteiger partial charge in [0.1, 0.15) is 11.6 Å². The summed E-state index contributed by atoms with van der Waals surface area (Å²) < 4.78 is 18.6. The Morgan fingerprint density at radius 3 is 2.50 bits per heavy atom. The van der Waals surface area contributed by atoms with Crippen LogP contribution in [0.3, 0.4) is 0 Å². The molecule has 1 amide bonds. The molecule has 8 heteroatoms. The number of nitrogens with one attached hydrogen (secondary N) is 1. The minimum absolute atomic E-state index is 0.210. The highest BCUT2D eigenvalue weighted by molar-refractivity contribution is 6.30. The molecule has 1 atom stereocenters. The number of nitrogens with zero attached hydrogens (tertiary/aromatic N) is 2. The van der Waals surface area contributed by atoms with Crippen LogP contribution >= 0.6 is 11.6 Å². The molecule has 188 valence electrons. The normalized spacial score (nSPS) is 11.8. The van der Waals surface area contributed by atoms with E-state index in [0.29, 0.717) is 28.7 Å². The number of imidazole rings is 1. The fourth-order valence-corrected chi connectivity index (χ4v) is 4.20. The molecule has 0 saturated heterocycles. The Labute approximate surface area is 216 Å². The second-order valence-corrected chi connectivity index (χ2v) is 8.82. The highest BCUT2D eigenvalue weighted by atomic mass is 35.5. The highest BCUT2D eigenvalue weighted by Crippen LogP contribution is 2.28. The Bertz CT molecular complexity index is 1320. The second kappa shape index (κ2) is 11.8. The van der Waals surface area contributed by atoms with Gasteiger partial charge in [0.15, 0.2) is 11.5 Å². The van der Waals surface area contributed by atoms with Crippen molar-refractivity contribution < 1.29 is 19.0 Å². The minimum atomic E-state index is -0.302. The standard InChI is InChI=1S/C28H30ClN3O4/c1-19(30-28(33)20-10-15-25(34-2)26(18-20)35-3)27-31-23-8-4-5-9-24(23)32(27)16-6-7-17-36-22-13-11-21(29)12-14-22/h4-5,8-15,18-19H,6-7,16-17H2,1-3H3,(H,30,33). The number of ether oxygens (including phenoxy) is 3. The lowest BCUT2D eigenvalue weighted by Crippen LogP contribution is -2.28. The Morgan fingerprint density at radius 1 is 1.00 bits per heavy atom. The largest absolute Gasteiger partial charge is 0.494 e. The molecule has 7 nitrogen and oxygen atoms in total. The summed E-state index contributed by atoms with van der Waals surface area (Å²) in [4.78, 5) is 17.8. The fraction of sp³-hybridized carbons (Fsp3) is 0.286. The molecule has 0 spiro atoms. The van der Waals surface area contributed by atoms with Crippen LogP contribution < -0.4 is 19.5 Å². The van der Waals surface area contributed by atoms with Crippen LogP contribution in [0.15, 0.2) is 66.7 Å². The number of amides is 1. The molecule has 0 saturated carbocycles. The van der Waals surface area contributed by atoms with E-state index in [1.54, 1.807) is 32.4 Å². The lowest BCUT2D eigenvalue weighted by Gasteiger charge is -2.17. The van der Waals surface area contributed by atoms with Crippen LogP contribution in [0.2, 0.25) is 5.02 Å². The van der Waals surface area contributed by atoms with Crippen LogP contribution in [-0.4, -0.2) is 36.3 Å². The average molecular weight is 508 g/mol. The highest BCUT2D eigenvalue weighted by Gasteiger charge is 2.20. The number of hydrogen-bond donors (Lipinski definition) is 1. The third kappa shape index (κ3) is 5.91. The number of fused-ring (bicyclic) bond motifs is 1. The molecule has 0 aliphatic carbocycles. The number of methoxy groups -OCH3 is 2. The van der Waals surface area contributed by atoms with Crippen molar-refractivity contribution in [3.05, 3.63) is 83.1 Å². The summed E-state index contributed by atoms with van der Waals surface area (Å²) in [6.45, 7) is 3.31. The summed E-state index contributed by atoms with van der Waals surface area (Å²) in [5.74, 6) is 2.48. The molecule has 3 aromatic carbocycles. The fourth-order valence-electron chi connectivity index (χ4n) is 4.07. The maximum atomic E-state index is 13.0. The zero-order valence-electron chi connectivity index (χ0n) is 20.7. The monoisotopic (exact) mass is 507 g/mol. The first kappa shape index (κ1) is 25.4. The minimum Gasteiger partial charge on any atom is -0.494 e. The quantitative estimate of drug-likeness (QED) is 0.250. The van der Waals surface area contributed by atoms with Gasteiger partial charge in [-0.2, -0.15) is 0 Å². The lowest BCUT2D eigenvalue weighted by atomic mass is 10.1. The molecule has 0 aliphatic rings. The second-order valence-electron chi connectivity index (χ2n) is 8.38. The third-order valence-electron chi connectivity index (χ3n) is 5.92. The first-order chi connectivity index (χ1) is 17.5. The number of rotatable bonds is 11. The Hall–Kier alpha value is -3.71. The van der Waals surface area contributed by atoms with Crippen LogP contribution in [-0.2, 0) is 6.54 Å². The van der Waals surface area contributed by atoms with Crippen molar-refractivity contribution in [2.24, 2.45) is 0 Å². The van der Waals surface area contributed by atoms with Gasteiger partial charge < -0.3 is 24.1 Å². The Morgan fingerprint density at radius 2 is 1.75 bits per heavy atom. The van der Waals surface area contributed by atoms with E-state index in [-0.39, 0.29) is 11.9 Å². The van der Waals surface area contributed by atoms with Crippen molar-refractivity contribution in [3.8, 4) is 17.2 Å². The van der Waals surface area contributed by atoms with Crippen LogP contribution in [0.4, 0.5) is 0 Å². The number of unbranched alkanes of at least 4 members (excludes halogenated alkanes) is 1. The summed E-state index contributed by atoms with van der Waals surface area (Å²) in [5, 5.41) is 3.77. The molecule has 0 aliphatic heterocycles. The Balaban J connectivity index is 1.43. The zero-order chi connectivity index (χ0) is 25.5. The van der Waals surface area contributed by atoms with Crippen LogP contribution in [0.5, 0.6) is 17.2 Å². The molecule has 0 fully saturated rings. The molecule has 36 heavy (non-hydrogen) atoms. The summed E-state index contributed by atoms with van der Waals surface area (Å²) in [5.41, 5.74) is 2.43. The van der Waals surface area contributed by atoms with Gasteiger partial charge in [0.25, 0.3) is 5.91 Å². The zero-order valence-corrected chi connectivity index (χ0v) is 21.4. The summed E-state index contributed by atoms with van der Waals surface area (Å²) >= 11 is 5.93. The van der Waals surface area contributed by atoms with E-state index in [0.717, 1.165) is 42.0 Å². The number of carbonyl (C=O) groups is 1. The van der Waals surface area contributed by atoms with Gasteiger partial charge in [-0.15, -0.1) is 0 Å². The van der Waals surface area contributed by atoms with Gasteiger partial charge in [0.2, 0.25) is 0 Å². The number of aryl methyl sites for hydroxylation is 1. The van der Waals surface area contributed by atoms with Crippen LogP contribution in [0.25, 0.3) is 11.0 Å². The van der Waals surface area contributed by atoms with E-state index < -0.39 is 0 Å². The average Bonchev–Trinajstić information content (AvgIpc) is 3.27. The number of halogens is 1. The van der Waals surface area contributed by atoms with Gasteiger partial charge in [0.05, 0.1) is 37.9 Å². The van der Waals surface area contributed by atoms with Crippen molar-refractivity contribution in [3.63, 3.8) is 0 Å². The SMILES string of the molecule is COc1ccc(C(=O)NC(C)c2nc3ccccc3n2CCCCOc2ccc(Cl)cc2)cc1OC. The Kier molecular flexibility index (Phi) is 8.33. The molecule has 4 rings (SSSR count). The van der Waals surface area contributed by atoms with E-state index in [1.807, 2.05) is 49.4 Å². The van der Waals surface area contributed by atoms with Gasteiger partial charge in [-0.05, 0) is 74.4 Å². The van der Waals surface area contributed by atoms with Crippen molar-refractivity contribution in [1.82, 2.24) is 14.9 Å². The molecule has 4 aromatic rings. The molecule has 1 heterocycles. The van der Waals surface area contributed by atoms with Crippen LogP contribution in [0, 0.1) is 0 Å².